The molecule has 0 amide bonds. The third kappa shape index (κ3) is 2.68. The van der Waals surface area contributed by atoms with Crippen LogP contribution in [-0.2, 0) is 4.74 Å². The predicted octanol–water partition coefficient (Wildman–Crippen LogP) is 5.12. The van der Waals surface area contributed by atoms with E-state index in [0.717, 1.165) is 18.7 Å². The Morgan fingerprint density at radius 1 is 1.22 bits per heavy atom. The highest BCUT2D eigenvalue weighted by Crippen LogP contribution is 2.43. The van der Waals surface area contributed by atoms with Gasteiger partial charge in [-0.2, -0.15) is 0 Å². The van der Waals surface area contributed by atoms with Crippen LogP contribution in [0.3, 0.4) is 0 Å². The van der Waals surface area contributed by atoms with Crippen molar-refractivity contribution in [2.45, 2.75) is 6.92 Å². The molecule has 0 radical (unpaired) electrons. The van der Waals surface area contributed by atoms with Crippen molar-refractivity contribution in [2.75, 3.05) is 6.61 Å². The first-order valence-corrected chi connectivity index (χ1v) is 7.75. The molecule has 0 aliphatic heterocycles. The SMILES string of the molecule is CCOC(=O)c1c(Br)sc(Br)c1-c1ccccc1. The van der Waals surface area contributed by atoms with E-state index in [0.29, 0.717) is 12.2 Å². The highest BCUT2D eigenvalue weighted by molar-refractivity contribution is 9.12. The van der Waals surface area contributed by atoms with Crippen molar-refractivity contribution in [3.8, 4) is 11.1 Å². The highest BCUT2D eigenvalue weighted by Gasteiger charge is 2.23. The molecule has 2 nitrogen and oxygen atoms in total. The van der Waals surface area contributed by atoms with Crippen LogP contribution in [0.2, 0.25) is 0 Å². The second-order valence-electron chi connectivity index (χ2n) is 3.49. The fraction of sp³-hybridized carbons (Fsp3) is 0.154. The zero-order valence-electron chi connectivity index (χ0n) is 9.57. The molecular weight excluding hydrogens is 380 g/mol. The van der Waals surface area contributed by atoms with Gasteiger partial charge in [-0.05, 0) is 44.3 Å². The summed E-state index contributed by atoms with van der Waals surface area (Å²) in [4.78, 5) is 12.0. The molecule has 1 heterocycles. The first-order valence-electron chi connectivity index (χ1n) is 5.35. The Kier molecular flexibility index (Phi) is 4.59. The summed E-state index contributed by atoms with van der Waals surface area (Å²) in [6.07, 6.45) is 0. The minimum atomic E-state index is -0.301. The molecule has 0 fully saturated rings. The summed E-state index contributed by atoms with van der Waals surface area (Å²) >= 11 is 8.41. The first kappa shape index (κ1) is 13.8. The van der Waals surface area contributed by atoms with E-state index in [1.54, 1.807) is 6.92 Å². The Labute approximate surface area is 126 Å². The van der Waals surface area contributed by atoms with E-state index in [9.17, 15) is 4.79 Å². The number of ether oxygens (including phenoxy) is 1. The Hall–Kier alpha value is -0.650. The third-order valence-electron chi connectivity index (χ3n) is 2.36. The van der Waals surface area contributed by atoms with Crippen LogP contribution in [-0.4, -0.2) is 12.6 Å². The van der Waals surface area contributed by atoms with Crippen molar-refractivity contribution in [3.63, 3.8) is 0 Å². The van der Waals surface area contributed by atoms with Gasteiger partial charge in [0, 0.05) is 5.56 Å². The van der Waals surface area contributed by atoms with Crippen LogP contribution in [0, 0.1) is 0 Å². The van der Waals surface area contributed by atoms with Crippen LogP contribution in [0.5, 0.6) is 0 Å². The summed E-state index contributed by atoms with van der Waals surface area (Å²) in [6.45, 7) is 2.17. The van der Waals surface area contributed by atoms with Crippen molar-refractivity contribution in [2.24, 2.45) is 0 Å². The number of thiophene rings is 1. The molecule has 2 rings (SSSR count). The number of halogens is 2. The van der Waals surface area contributed by atoms with Gasteiger partial charge in [0.2, 0.25) is 0 Å². The van der Waals surface area contributed by atoms with Crippen molar-refractivity contribution >= 4 is 49.2 Å². The largest absolute Gasteiger partial charge is 0.462 e. The van der Waals surface area contributed by atoms with Crippen molar-refractivity contribution in [1.82, 2.24) is 0 Å². The van der Waals surface area contributed by atoms with Crippen LogP contribution in [0.1, 0.15) is 17.3 Å². The van der Waals surface area contributed by atoms with E-state index < -0.39 is 0 Å². The Bertz CT molecular complexity index is 564. The number of benzene rings is 1. The third-order valence-corrected chi connectivity index (χ3v) is 4.90. The number of esters is 1. The van der Waals surface area contributed by atoms with Gasteiger partial charge in [0.1, 0.15) is 0 Å². The van der Waals surface area contributed by atoms with E-state index in [-0.39, 0.29) is 5.97 Å². The number of carbonyl (C=O) groups excluding carboxylic acids is 1. The van der Waals surface area contributed by atoms with Crippen LogP contribution in [0.4, 0.5) is 0 Å². The lowest BCUT2D eigenvalue weighted by molar-refractivity contribution is 0.0527. The normalized spacial score (nSPS) is 10.4. The lowest BCUT2D eigenvalue weighted by Gasteiger charge is -2.05. The van der Waals surface area contributed by atoms with Gasteiger partial charge in [-0.25, -0.2) is 4.79 Å². The summed E-state index contributed by atoms with van der Waals surface area (Å²) in [5, 5.41) is 0. The van der Waals surface area contributed by atoms with Crippen LogP contribution in [0.25, 0.3) is 11.1 Å². The van der Waals surface area contributed by atoms with Crippen molar-refractivity contribution in [3.05, 3.63) is 43.5 Å². The van der Waals surface area contributed by atoms with E-state index in [2.05, 4.69) is 31.9 Å². The molecule has 0 aliphatic carbocycles. The molecule has 0 saturated heterocycles. The second kappa shape index (κ2) is 5.99. The van der Waals surface area contributed by atoms with Gasteiger partial charge >= 0.3 is 5.97 Å². The monoisotopic (exact) mass is 388 g/mol. The second-order valence-corrected chi connectivity index (χ2v) is 7.14. The fourth-order valence-corrected chi connectivity index (χ4v) is 4.80. The van der Waals surface area contributed by atoms with Gasteiger partial charge in [-0.15, -0.1) is 11.3 Å². The van der Waals surface area contributed by atoms with Gasteiger partial charge in [0.15, 0.2) is 0 Å². The summed E-state index contributed by atoms with van der Waals surface area (Å²) in [6, 6.07) is 9.79. The molecule has 0 N–H and O–H groups in total. The van der Waals surface area contributed by atoms with Gasteiger partial charge < -0.3 is 4.74 Å². The number of hydrogen-bond acceptors (Lipinski definition) is 3. The van der Waals surface area contributed by atoms with E-state index in [4.69, 9.17) is 4.74 Å². The van der Waals surface area contributed by atoms with Crippen LogP contribution in [0.15, 0.2) is 37.9 Å². The molecule has 0 spiro atoms. The van der Waals surface area contributed by atoms with Gasteiger partial charge in [0.05, 0.1) is 19.7 Å². The summed E-state index contributed by atoms with van der Waals surface area (Å²) in [5.41, 5.74) is 2.46. The van der Waals surface area contributed by atoms with Gasteiger partial charge in [-0.3, -0.25) is 0 Å². The molecule has 0 atom stereocenters. The minimum Gasteiger partial charge on any atom is -0.462 e. The Morgan fingerprint density at radius 2 is 1.89 bits per heavy atom. The summed E-state index contributed by atoms with van der Waals surface area (Å²) in [7, 11) is 0. The predicted molar refractivity (Wildman–Crippen MR) is 81.1 cm³/mol. The number of carbonyl (C=O) groups is 1. The average Bonchev–Trinajstić information content (AvgIpc) is 2.65. The van der Waals surface area contributed by atoms with Crippen LogP contribution < -0.4 is 0 Å². The molecule has 0 bridgehead atoms. The minimum absolute atomic E-state index is 0.301. The highest BCUT2D eigenvalue weighted by atomic mass is 79.9. The smallest absolute Gasteiger partial charge is 0.340 e. The van der Waals surface area contributed by atoms with Crippen LogP contribution >= 0.6 is 43.2 Å². The maximum atomic E-state index is 12.0. The fourth-order valence-electron chi connectivity index (χ4n) is 1.63. The Morgan fingerprint density at radius 3 is 2.50 bits per heavy atom. The quantitative estimate of drug-likeness (QED) is 0.681. The zero-order chi connectivity index (χ0) is 13.1. The average molecular weight is 390 g/mol. The zero-order valence-corrected chi connectivity index (χ0v) is 13.6. The standard InChI is InChI=1S/C13H10Br2O2S/c1-2-17-13(16)10-9(11(14)18-12(10)15)8-6-4-3-5-7-8/h3-7H,2H2,1H3. The molecule has 1 aromatic heterocycles. The maximum absolute atomic E-state index is 12.0. The van der Waals surface area contributed by atoms with Gasteiger partial charge in [0.25, 0.3) is 0 Å². The molecule has 0 saturated carbocycles. The maximum Gasteiger partial charge on any atom is 0.340 e. The van der Waals surface area contributed by atoms with Gasteiger partial charge in [-0.1, -0.05) is 30.3 Å². The van der Waals surface area contributed by atoms with E-state index >= 15 is 0 Å². The van der Waals surface area contributed by atoms with Crippen molar-refractivity contribution < 1.29 is 9.53 Å². The summed E-state index contributed by atoms with van der Waals surface area (Å²) < 4.78 is 6.81. The summed E-state index contributed by atoms with van der Waals surface area (Å²) in [5.74, 6) is -0.301. The van der Waals surface area contributed by atoms with Crippen molar-refractivity contribution in [1.29, 1.82) is 0 Å². The molecule has 94 valence electrons. The first-order chi connectivity index (χ1) is 8.65. The molecule has 0 unspecified atom stereocenters. The molecule has 1 aromatic carbocycles. The molecule has 18 heavy (non-hydrogen) atoms. The lowest BCUT2D eigenvalue weighted by atomic mass is 10.1. The lowest BCUT2D eigenvalue weighted by Crippen LogP contribution is -2.05. The number of hydrogen-bond donors (Lipinski definition) is 0. The Balaban J connectivity index is 2.57. The number of rotatable bonds is 3. The molecule has 5 heteroatoms. The molecule has 0 aliphatic rings. The topological polar surface area (TPSA) is 26.3 Å². The molecule has 2 aromatic rings. The van der Waals surface area contributed by atoms with E-state index in [1.807, 2.05) is 30.3 Å². The van der Waals surface area contributed by atoms with E-state index in [1.165, 1.54) is 11.3 Å². The molecular formula is C13H10Br2O2S.